The Labute approximate surface area is 167 Å². The lowest BCUT2D eigenvalue weighted by Crippen LogP contribution is -2.52. The third-order valence-corrected chi connectivity index (χ3v) is 5.18. The van der Waals surface area contributed by atoms with E-state index >= 15 is 0 Å². The molecule has 0 spiro atoms. The first-order valence-corrected chi connectivity index (χ1v) is 9.23. The predicted molar refractivity (Wildman–Crippen MR) is 104 cm³/mol. The van der Waals surface area contributed by atoms with Gasteiger partial charge in [-0.2, -0.15) is 0 Å². The number of piperidine rings is 1. The van der Waals surface area contributed by atoms with Crippen molar-refractivity contribution in [2.45, 2.75) is 39.2 Å². The lowest BCUT2D eigenvalue weighted by molar-refractivity contribution is -0.159. The molecular weight excluding hydrogens is 380 g/mol. The Morgan fingerprint density at radius 2 is 1.97 bits per heavy atom. The second kappa shape index (κ2) is 7.73. The van der Waals surface area contributed by atoms with Crippen LogP contribution >= 0.6 is 0 Å². The predicted octanol–water partition coefficient (Wildman–Crippen LogP) is 2.86. The number of aryl methyl sites for hydroxylation is 2. The van der Waals surface area contributed by atoms with E-state index in [0.717, 1.165) is 5.69 Å². The fraction of sp³-hybridized carbons (Fsp3) is 0.400. The van der Waals surface area contributed by atoms with Crippen molar-refractivity contribution < 1.29 is 18.4 Å². The van der Waals surface area contributed by atoms with Gasteiger partial charge in [0.1, 0.15) is 5.82 Å². The van der Waals surface area contributed by atoms with Gasteiger partial charge in [-0.15, -0.1) is 0 Å². The number of pyridine rings is 2. The highest BCUT2D eigenvalue weighted by atomic mass is 19.3. The monoisotopic (exact) mass is 403 g/mol. The molecule has 0 saturated carbocycles. The highest BCUT2D eigenvalue weighted by Crippen LogP contribution is 2.42. The summed E-state index contributed by atoms with van der Waals surface area (Å²) in [5.74, 6) is -5.52. The van der Waals surface area contributed by atoms with Crippen LogP contribution in [0.25, 0.3) is 0 Å². The van der Waals surface area contributed by atoms with Crippen molar-refractivity contribution in [1.82, 2.24) is 14.9 Å². The second-order valence-electron chi connectivity index (χ2n) is 7.45. The molecule has 1 aliphatic rings. The van der Waals surface area contributed by atoms with Crippen LogP contribution in [0.1, 0.15) is 36.2 Å². The molecule has 1 saturated heterocycles. The highest BCUT2D eigenvalue weighted by molar-refractivity contribution is 6.39. The summed E-state index contributed by atoms with van der Waals surface area (Å²) < 4.78 is 28.8. The maximum atomic E-state index is 14.4. The highest BCUT2D eigenvalue weighted by Gasteiger charge is 2.48. The van der Waals surface area contributed by atoms with Crippen molar-refractivity contribution in [3.63, 3.8) is 0 Å². The SMILES string of the molecule is Cc1ccc([C@@H]2CC(F)(F)[C@@H](C)CN2C(=O)C(=O)Nc2cnc(N)c(C)c2)cn1. The number of halogens is 2. The van der Waals surface area contributed by atoms with Crippen molar-refractivity contribution in [2.24, 2.45) is 5.92 Å². The van der Waals surface area contributed by atoms with E-state index in [2.05, 4.69) is 15.3 Å². The number of carbonyl (C=O) groups excluding carboxylic acids is 2. The van der Waals surface area contributed by atoms with Crippen LogP contribution in [0.3, 0.4) is 0 Å². The van der Waals surface area contributed by atoms with Gasteiger partial charge in [-0.05, 0) is 37.1 Å². The summed E-state index contributed by atoms with van der Waals surface area (Å²) in [4.78, 5) is 34.7. The molecule has 0 unspecified atom stereocenters. The van der Waals surface area contributed by atoms with E-state index in [9.17, 15) is 18.4 Å². The normalized spacial score (nSPS) is 20.9. The number of rotatable bonds is 2. The number of nitrogen functional groups attached to an aromatic ring is 1. The van der Waals surface area contributed by atoms with E-state index in [-0.39, 0.29) is 6.54 Å². The number of amides is 2. The van der Waals surface area contributed by atoms with E-state index in [1.807, 2.05) is 0 Å². The van der Waals surface area contributed by atoms with Gasteiger partial charge in [0.05, 0.1) is 17.9 Å². The zero-order chi connectivity index (χ0) is 21.3. The Kier molecular flexibility index (Phi) is 5.50. The molecule has 0 aliphatic carbocycles. The molecule has 1 aliphatic heterocycles. The Bertz CT molecular complexity index is 933. The lowest BCUT2D eigenvalue weighted by Gasteiger charge is -2.42. The molecule has 1 fully saturated rings. The van der Waals surface area contributed by atoms with E-state index in [1.165, 1.54) is 24.2 Å². The Balaban J connectivity index is 1.85. The summed E-state index contributed by atoms with van der Waals surface area (Å²) >= 11 is 0. The summed E-state index contributed by atoms with van der Waals surface area (Å²) in [6, 6.07) is 3.99. The van der Waals surface area contributed by atoms with Gasteiger partial charge in [-0.1, -0.05) is 13.0 Å². The van der Waals surface area contributed by atoms with Gasteiger partial charge in [-0.25, -0.2) is 13.8 Å². The zero-order valence-corrected chi connectivity index (χ0v) is 16.4. The number of hydrogen-bond donors (Lipinski definition) is 2. The topological polar surface area (TPSA) is 101 Å². The number of hydrogen-bond acceptors (Lipinski definition) is 5. The zero-order valence-electron chi connectivity index (χ0n) is 16.4. The molecule has 3 heterocycles. The van der Waals surface area contributed by atoms with Crippen molar-refractivity contribution in [3.8, 4) is 0 Å². The lowest BCUT2D eigenvalue weighted by atomic mass is 9.87. The molecule has 9 heteroatoms. The van der Waals surface area contributed by atoms with Gasteiger partial charge in [0.15, 0.2) is 0 Å². The number of nitrogens with one attached hydrogen (secondary N) is 1. The summed E-state index contributed by atoms with van der Waals surface area (Å²) in [5, 5.41) is 2.47. The molecule has 154 valence electrons. The summed E-state index contributed by atoms with van der Waals surface area (Å²) in [5.41, 5.74) is 7.80. The van der Waals surface area contributed by atoms with Crippen LogP contribution in [0.5, 0.6) is 0 Å². The summed E-state index contributed by atoms with van der Waals surface area (Å²) in [6.07, 6.45) is 2.24. The molecule has 29 heavy (non-hydrogen) atoms. The van der Waals surface area contributed by atoms with Crippen molar-refractivity contribution >= 4 is 23.3 Å². The van der Waals surface area contributed by atoms with Gasteiger partial charge in [0.2, 0.25) is 0 Å². The number of nitrogens with zero attached hydrogens (tertiary/aromatic N) is 3. The van der Waals surface area contributed by atoms with Crippen LogP contribution in [0.4, 0.5) is 20.3 Å². The minimum Gasteiger partial charge on any atom is -0.383 e. The smallest absolute Gasteiger partial charge is 0.313 e. The fourth-order valence-corrected chi connectivity index (χ4v) is 3.29. The van der Waals surface area contributed by atoms with Gasteiger partial charge >= 0.3 is 11.8 Å². The van der Waals surface area contributed by atoms with E-state index in [4.69, 9.17) is 5.73 Å². The van der Waals surface area contributed by atoms with Crippen LogP contribution < -0.4 is 11.1 Å². The number of anilines is 2. The molecule has 0 aromatic carbocycles. The van der Waals surface area contributed by atoms with Crippen LogP contribution in [0.2, 0.25) is 0 Å². The molecular formula is C20H23F2N5O2. The third-order valence-electron chi connectivity index (χ3n) is 5.18. The molecule has 0 radical (unpaired) electrons. The number of nitrogens with two attached hydrogens (primary N) is 1. The maximum absolute atomic E-state index is 14.4. The van der Waals surface area contributed by atoms with Gasteiger partial charge in [0, 0.05) is 30.8 Å². The van der Waals surface area contributed by atoms with Crippen LogP contribution in [-0.2, 0) is 9.59 Å². The largest absolute Gasteiger partial charge is 0.383 e. The molecule has 2 atom stereocenters. The average Bonchev–Trinajstić information content (AvgIpc) is 2.66. The minimum atomic E-state index is -2.96. The Morgan fingerprint density at radius 3 is 2.59 bits per heavy atom. The Hall–Kier alpha value is -3.10. The number of carbonyl (C=O) groups is 2. The first kappa shape index (κ1) is 20.6. The van der Waals surface area contributed by atoms with Gasteiger partial charge in [0.25, 0.3) is 5.92 Å². The van der Waals surface area contributed by atoms with E-state index < -0.39 is 36.1 Å². The number of likely N-dealkylation sites (tertiary alicyclic amines) is 1. The molecule has 3 N–H and O–H groups in total. The van der Waals surface area contributed by atoms with Crippen LogP contribution in [0, 0.1) is 19.8 Å². The minimum absolute atomic E-state index is 0.239. The molecule has 0 bridgehead atoms. The van der Waals surface area contributed by atoms with E-state index in [1.54, 1.807) is 32.0 Å². The van der Waals surface area contributed by atoms with Crippen LogP contribution in [0.15, 0.2) is 30.6 Å². The number of alkyl halides is 2. The molecule has 7 nitrogen and oxygen atoms in total. The molecule has 2 aromatic heterocycles. The molecule has 3 rings (SSSR count). The first-order chi connectivity index (χ1) is 13.6. The second-order valence-corrected chi connectivity index (χ2v) is 7.45. The van der Waals surface area contributed by atoms with Crippen LogP contribution in [-0.4, -0.2) is 39.1 Å². The average molecular weight is 403 g/mol. The van der Waals surface area contributed by atoms with Crippen molar-refractivity contribution in [1.29, 1.82) is 0 Å². The first-order valence-electron chi connectivity index (χ1n) is 9.23. The summed E-state index contributed by atoms with van der Waals surface area (Å²) in [7, 11) is 0. The van der Waals surface area contributed by atoms with Gasteiger partial charge in [-0.3, -0.25) is 14.6 Å². The Morgan fingerprint density at radius 1 is 1.24 bits per heavy atom. The van der Waals surface area contributed by atoms with Gasteiger partial charge < -0.3 is 16.0 Å². The quantitative estimate of drug-likeness (QED) is 0.751. The van der Waals surface area contributed by atoms with E-state index in [0.29, 0.717) is 22.6 Å². The maximum Gasteiger partial charge on any atom is 0.313 e. The third kappa shape index (κ3) is 4.33. The van der Waals surface area contributed by atoms with Crippen molar-refractivity contribution in [3.05, 3.63) is 47.4 Å². The number of aromatic nitrogens is 2. The van der Waals surface area contributed by atoms with Crippen molar-refractivity contribution in [2.75, 3.05) is 17.6 Å². The fourth-order valence-electron chi connectivity index (χ4n) is 3.29. The molecule has 2 amide bonds. The standard InChI is InChI=1S/C20H23F2N5O2/c1-11-6-15(9-25-17(11)23)26-18(28)19(29)27-10-12(2)20(21,22)7-16(27)14-5-4-13(3)24-8-14/h4-6,8-9,12,16H,7,10H2,1-3H3,(H2,23,25)(H,26,28)/t12-,16-/m0/s1. The molecule has 2 aromatic rings. The summed E-state index contributed by atoms with van der Waals surface area (Å²) in [6.45, 7) is 4.63.